The summed E-state index contributed by atoms with van der Waals surface area (Å²) >= 11 is 0. The van der Waals surface area contributed by atoms with Gasteiger partial charge in [-0.3, -0.25) is 67.5 Å². The zero-order chi connectivity index (χ0) is 77.5. The maximum Gasteiger partial charge on any atom is 0.331 e. The summed E-state index contributed by atoms with van der Waals surface area (Å²) in [6.45, 7) is 2.10. The van der Waals surface area contributed by atoms with Crippen LogP contribution in [0.5, 0.6) is 11.5 Å². The van der Waals surface area contributed by atoms with Crippen molar-refractivity contribution in [3.05, 3.63) is 60.2 Å². The van der Waals surface area contributed by atoms with Crippen LogP contribution in [-0.2, 0) is 76.5 Å². The van der Waals surface area contributed by atoms with Crippen molar-refractivity contribution >= 4 is 117 Å². The summed E-state index contributed by atoms with van der Waals surface area (Å²) in [6, 6.07) is -2.94. The van der Waals surface area contributed by atoms with Crippen molar-refractivity contribution in [1.82, 2.24) is 70.8 Å². The van der Waals surface area contributed by atoms with Crippen LogP contribution in [0, 0.1) is 23.7 Å². The minimum Gasteiger partial charge on any atom is -0.497 e. The predicted octanol–water partition coefficient (Wildman–Crippen LogP) is -2.76. The molecule has 3 fully saturated rings. The molecule has 0 spiro atoms. The highest BCUT2D eigenvalue weighted by atomic mass is 16.6. The van der Waals surface area contributed by atoms with Gasteiger partial charge in [-0.2, -0.15) is 10.2 Å². The highest BCUT2D eigenvalue weighted by Crippen LogP contribution is 2.40. The van der Waals surface area contributed by atoms with Gasteiger partial charge in [0.15, 0.2) is 24.2 Å². The van der Waals surface area contributed by atoms with Crippen LogP contribution in [-0.4, -0.2) is 297 Å². The molecule has 2 aromatic carbocycles. The molecule has 0 unspecified atom stereocenters. The van der Waals surface area contributed by atoms with Gasteiger partial charge in [0, 0.05) is 65.6 Å². The number of carbonyl (C=O) groups is 14. The van der Waals surface area contributed by atoms with Gasteiger partial charge in [-0.15, -0.1) is 0 Å². The maximum absolute atomic E-state index is 15.2. The molecule has 9 rings (SSSR count). The predicted molar refractivity (Wildman–Crippen MR) is 365 cm³/mol. The number of carbonyl (C=O) groups excluding carboxylic acids is 14. The Hall–Kier alpha value is -11.4. The largest absolute Gasteiger partial charge is 0.497 e. The van der Waals surface area contributed by atoms with E-state index in [0.717, 1.165) is 100 Å². The van der Waals surface area contributed by atoms with Crippen molar-refractivity contribution in [2.24, 2.45) is 33.9 Å². The van der Waals surface area contributed by atoms with Crippen LogP contribution in [0.15, 0.2) is 59.0 Å². The Kier molecular flexibility index (Phi) is 24.3. The molecule has 2 aliphatic carbocycles. The van der Waals surface area contributed by atoms with Crippen molar-refractivity contribution in [3.8, 4) is 11.5 Å². The lowest BCUT2D eigenvalue weighted by atomic mass is 9.97. The van der Waals surface area contributed by atoms with E-state index in [1.165, 1.54) is 50.6 Å². The number of cyclic esters (lactones) is 2. The van der Waals surface area contributed by atoms with Crippen molar-refractivity contribution < 1.29 is 106 Å². The molecule has 38 nitrogen and oxygen atoms in total. The number of aliphatic hydroxyl groups is 2. The highest BCUT2D eigenvalue weighted by Gasteiger charge is 2.51. The van der Waals surface area contributed by atoms with Crippen LogP contribution in [0.2, 0.25) is 0 Å². The van der Waals surface area contributed by atoms with E-state index < -0.39 is 194 Å². The zero-order valence-electron chi connectivity index (χ0n) is 60.2. The normalized spacial score (nSPS) is 26.1. The van der Waals surface area contributed by atoms with Crippen LogP contribution < -0.4 is 30.7 Å². The lowest BCUT2D eigenvalue weighted by molar-refractivity contribution is -0.168. The molecule has 0 bridgehead atoms. The second-order valence-electron chi connectivity index (χ2n) is 27.5. The molecule has 10 amide bonds. The van der Waals surface area contributed by atoms with Crippen LogP contribution in [0.4, 0.5) is 0 Å². The van der Waals surface area contributed by atoms with Crippen LogP contribution in [0.25, 0.3) is 22.1 Å². The Morgan fingerprint density at radius 1 is 0.547 bits per heavy atom. The van der Waals surface area contributed by atoms with Gasteiger partial charge in [0.05, 0.1) is 97.9 Å². The molecule has 1 saturated heterocycles. The SMILES string of the molecule is COc1ccc2nc(C(=O)N[C@@H]3COC(=O)[C@H](C(C)(C)O)N(C)C(=O)CN(C)C(=O)CNC(=O)[C@@H]4[C@@H](OC(=O)[C@@H]5C[C@H]5C)CC=NN4C(=O)[C@H](NC(=O)c4cnc5cc(OC)ccc5n4)COC(=O)[C@H](C(C)(C)O)N(C)C(=O)CN(C)C(=O)CNC(=O)[C@@H]4[C@@H](OC(=O)[C@@H]5C[C@H]5C)CC=NN4C3=O)cnc2c1. The quantitative estimate of drug-likeness (QED) is 0.0618. The van der Waals surface area contributed by atoms with Crippen molar-refractivity contribution in [1.29, 1.82) is 0 Å². The van der Waals surface area contributed by atoms with E-state index in [1.807, 2.05) is 0 Å². The Labute approximate surface area is 606 Å². The third-order valence-electron chi connectivity index (χ3n) is 18.4. The van der Waals surface area contributed by atoms with Gasteiger partial charge >= 0.3 is 23.9 Å². The molecule has 4 aromatic rings. The number of amides is 10. The molecule has 0 radical (unpaired) electrons. The molecule has 3 aliphatic heterocycles. The van der Waals surface area contributed by atoms with E-state index in [1.54, 1.807) is 13.8 Å². The summed E-state index contributed by atoms with van der Waals surface area (Å²) in [5.74, 6) is -16.2. The number of hydrazone groups is 2. The first-order valence-electron chi connectivity index (χ1n) is 33.7. The molecule has 2 aromatic heterocycles. The topological polar surface area (TPSA) is 479 Å². The first-order valence-corrected chi connectivity index (χ1v) is 33.7. The molecule has 106 heavy (non-hydrogen) atoms. The molecule has 38 heteroatoms. The van der Waals surface area contributed by atoms with Crippen molar-refractivity contribution in [2.75, 3.05) is 81.8 Å². The molecule has 568 valence electrons. The van der Waals surface area contributed by atoms with E-state index in [9.17, 15) is 67.7 Å². The zero-order valence-corrected chi connectivity index (χ0v) is 60.2. The summed E-state index contributed by atoms with van der Waals surface area (Å²) in [5, 5.41) is 42.2. The second kappa shape index (κ2) is 32.7. The average Bonchev–Trinajstić information content (AvgIpc) is 1.15. The first-order chi connectivity index (χ1) is 50.0. The fourth-order valence-electron chi connectivity index (χ4n) is 12.0. The van der Waals surface area contributed by atoms with Gasteiger partial charge in [0.2, 0.25) is 35.4 Å². The maximum atomic E-state index is 15.2. The summed E-state index contributed by atoms with van der Waals surface area (Å²) in [6.07, 6.45) is 1.54. The third kappa shape index (κ3) is 18.5. The minimum atomic E-state index is -2.21. The lowest BCUT2D eigenvalue weighted by Crippen LogP contribution is -2.62. The number of hydrogen-bond donors (Lipinski definition) is 6. The number of nitrogens with zero attached hydrogens (tertiary/aromatic N) is 12. The van der Waals surface area contributed by atoms with Crippen molar-refractivity contribution in [2.45, 2.75) is 127 Å². The number of methoxy groups -OCH3 is 2. The number of benzene rings is 2. The number of hydrogen-bond acceptors (Lipinski definition) is 28. The Morgan fingerprint density at radius 2 is 0.906 bits per heavy atom. The monoisotopic (exact) mass is 1480 g/mol. The minimum absolute atomic E-state index is 0.113. The smallest absolute Gasteiger partial charge is 0.331 e. The average molecular weight is 1480 g/mol. The summed E-state index contributed by atoms with van der Waals surface area (Å²) in [5.41, 5.74) is -4.24. The summed E-state index contributed by atoms with van der Waals surface area (Å²) < 4.78 is 33.6. The van der Waals surface area contributed by atoms with Crippen LogP contribution in [0.3, 0.4) is 0 Å². The number of ether oxygens (including phenoxy) is 6. The molecule has 6 N–H and O–H groups in total. The van der Waals surface area contributed by atoms with Crippen LogP contribution >= 0.6 is 0 Å². The number of likely N-dealkylation sites (N-methyl/N-ethyl adjacent to an activating group) is 4. The number of rotatable bonds is 12. The van der Waals surface area contributed by atoms with Gasteiger partial charge < -0.3 is 79.5 Å². The highest BCUT2D eigenvalue weighted by molar-refractivity contribution is 6.02. The van der Waals surface area contributed by atoms with E-state index in [-0.39, 0.29) is 47.1 Å². The molecule has 2 saturated carbocycles. The summed E-state index contributed by atoms with van der Waals surface area (Å²) in [7, 11) is 7.25. The Balaban J connectivity index is 1.06. The molecular formula is C68H84N16O22. The van der Waals surface area contributed by atoms with E-state index in [4.69, 9.17) is 28.4 Å². The van der Waals surface area contributed by atoms with Gasteiger partial charge in [-0.25, -0.2) is 29.6 Å². The second-order valence-corrected chi connectivity index (χ2v) is 27.5. The fraction of sp³-hybridized carbons (Fsp3) is 0.529. The Morgan fingerprint density at radius 3 is 1.24 bits per heavy atom. The lowest BCUT2D eigenvalue weighted by Gasteiger charge is -2.37. The van der Waals surface area contributed by atoms with Crippen molar-refractivity contribution in [3.63, 3.8) is 0 Å². The van der Waals surface area contributed by atoms with Gasteiger partial charge in [0.25, 0.3) is 23.6 Å². The standard InChI is InChI=1S/C68H84N16O22/c1-33-21-37(33)63(95)105-47-17-19-73-83-53(47)59(91)71-27-49(85)79(7)29-51(87)81(9)56(68(5,6)100)66(98)104-32-46(78-58(90)44-26-70-42-24-36(102-12)14-16-40(42)76-44)62(94)84-54(48(18-20-74-84)106-64(96)38-22-34(38)2)60(92)72-28-50(86)80(8)30-52(88)82(10)55(67(3,4)99)65(97)103-31-45(61(83)93)77-57(89)43-25-69-41-23-35(101-11)13-15-39(41)75-43/h13-16,19-20,23-26,33-34,37-38,45-48,53-56,99-100H,17-18,21-22,27-32H2,1-12H3,(H,71,91)(H,72,92)(H,77,89)(H,78,90)/t33-,34-,37-,38-,45-,46-,47+,48+,53+,54+,55-,56-/m1/s1. The van der Waals surface area contributed by atoms with E-state index in [0.29, 0.717) is 45.4 Å². The molecule has 12 atom stereocenters. The van der Waals surface area contributed by atoms with E-state index >= 15 is 9.59 Å². The molecule has 5 heterocycles. The van der Waals surface area contributed by atoms with Gasteiger partial charge in [0.1, 0.15) is 60.4 Å². The molecule has 5 aliphatic rings. The third-order valence-corrected chi connectivity index (χ3v) is 18.4. The van der Waals surface area contributed by atoms with E-state index in [2.05, 4.69) is 51.4 Å². The fourth-order valence-corrected chi connectivity index (χ4v) is 12.0. The van der Waals surface area contributed by atoms with Crippen LogP contribution in [0.1, 0.15) is 88.2 Å². The number of fused-ring (bicyclic) bond motifs is 4. The number of aromatic nitrogens is 4. The first kappa shape index (κ1) is 78.7. The number of nitrogens with one attached hydrogen (secondary N) is 4. The molecular weight excluding hydrogens is 1390 g/mol. The van der Waals surface area contributed by atoms with Gasteiger partial charge in [-0.1, -0.05) is 13.8 Å². The summed E-state index contributed by atoms with van der Waals surface area (Å²) in [4.78, 5) is 222. The number of esters is 4. The van der Waals surface area contributed by atoms with Gasteiger partial charge in [-0.05, 0) is 76.6 Å². The Bertz CT molecular complexity index is 3950.